The summed E-state index contributed by atoms with van der Waals surface area (Å²) in [4.78, 5) is 2.19. The first-order chi connectivity index (χ1) is 8.60. The van der Waals surface area contributed by atoms with Gasteiger partial charge in [-0.2, -0.15) is 0 Å². The number of anilines is 1. The van der Waals surface area contributed by atoms with Crippen molar-refractivity contribution in [2.45, 2.75) is 34.2 Å². The van der Waals surface area contributed by atoms with Gasteiger partial charge in [0.05, 0.1) is 0 Å². The molecule has 18 heavy (non-hydrogen) atoms. The Labute approximate surface area is 110 Å². The minimum absolute atomic E-state index is 0.115. The quantitative estimate of drug-likeness (QED) is 0.800. The number of hydrogen-bond donors (Lipinski definition) is 1. The van der Waals surface area contributed by atoms with Gasteiger partial charge in [0.2, 0.25) is 0 Å². The molecule has 2 nitrogen and oxygen atoms in total. The third kappa shape index (κ3) is 3.98. The Kier molecular flexibility index (Phi) is 6.13. The summed E-state index contributed by atoms with van der Waals surface area (Å²) in [5.74, 6) is 0.462. The Morgan fingerprint density at radius 1 is 1.22 bits per heavy atom. The van der Waals surface area contributed by atoms with E-state index in [9.17, 15) is 4.39 Å². The Hall–Kier alpha value is -1.09. The summed E-state index contributed by atoms with van der Waals surface area (Å²) in [6.07, 6.45) is 0. The van der Waals surface area contributed by atoms with Gasteiger partial charge in [-0.15, -0.1) is 0 Å². The lowest BCUT2D eigenvalue weighted by molar-refractivity contribution is 0.534. The number of nitrogens with zero attached hydrogens (tertiary/aromatic N) is 1. The summed E-state index contributed by atoms with van der Waals surface area (Å²) >= 11 is 0. The van der Waals surface area contributed by atoms with Gasteiger partial charge in [0.1, 0.15) is 5.82 Å². The zero-order valence-electron chi connectivity index (χ0n) is 12.0. The molecule has 0 bridgehead atoms. The van der Waals surface area contributed by atoms with E-state index in [0.29, 0.717) is 12.5 Å². The lowest BCUT2D eigenvalue weighted by atomic mass is 10.1. The summed E-state index contributed by atoms with van der Waals surface area (Å²) in [7, 11) is 0. The van der Waals surface area contributed by atoms with Gasteiger partial charge < -0.3 is 10.2 Å². The van der Waals surface area contributed by atoms with Crippen LogP contribution in [0.15, 0.2) is 18.2 Å². The van der Waals surface area contributed by atoms with Crippen LogP contribution in [0.25, 0.3) is 0 Å². The van der Waals surface area contributed by atoms with Gasteiger partial charge >= 0.3 is 0 Å². The topological polar surface area (TPSA) is 15.3 Å². The van der Waals surface area contributed by atoms with Crippen LogP contribution >= 0.6 is 0 Å². The third-order valence-corrected chi connectivity index (χ3v) is 3.05. The summed E-state index contributed by atoms with van der Waals surface area (Å²) in [6, 6.07) is 5.33. The summed E-state index contributed by atoms with van der Waals surface area (Å²) < 4.78 is 13.9. The van der Waals surface area contributed by atoms with Gasteiger partial charge in [0.25, 0.3) is 0 Å². The first-order valence-electron chi connectivity index (χ1n) is 6.83. The maximum Gasteiger partial charge on any atom is 0.129 e. The van der Waals surface area contributed by atoms with Gasteiger partial charge in [-0.3, -0.25) is 0 Å². The predicted molar refractivity (Wildman–Crippen MR) is 76.5 cm³/mol. The average molecular weight is 252 g/mol. The smallest absolute Gasteiger partial charge is 0.129 e. The fourth-order valence-electron chi connectivity index (χ4n) is 2.07. The molecule has 0 unspecified atom stereocenters. The monoisotopic (exact) mass is 252 g/mol. The van der Waals surface area contributed by atoms with Gasteiger partial charge in [-0.1, -0.05) is 19.9 Å². The number of benzene rings is 1. The number of hydrogen-bond acceptors (Lipinski definition) is 2. The van der Waals surface area contributed by atoms with Crippen molar-refractivity contribution in [1.29, 1.82) is 0 Å². The van der Waals surface area contributed by atoms with Crippen molar-refractivity contribution < 1.29 is 4.39 Å². The lowest BCUT2D eigenvalue weighted by Gasteiger charge is -2.24. The molecule has 0 amide bonds. The van der Waals surface area contributed by atoms with Gasteiger partial charge in [0, 0.05) is 30.9 Å². The molecule has 0 fully saturated rings. The molecule has 0 aliphatic rings. The Morgan fingerprint density at radius 3 is 2.44 bits per heavy atom. The van der Waals surface area contributed by atoms with E-state index in [-0.39, 0.29) is 5.82 Å². The molecule has 0 spiro atoms. The average Bonchev–Trinajstić information content (AvgIpc) is 2.33. The number of rotatable bonds is 7. The molecule has 0 aliphatic carbocycles. The molecule has 1 aromatic carbocycles. The van der Waals surface area contributed by atoms with Gasteiger partial charge in [-0.25, -0.2) is 4.39 Å². The van der Waals surface area contributed by atoms with E-state index >= 15 is 0 Å². The van der Waals surface area contributed by atoms with E-state index in [2.05, 4.69) is 37.9 Å². The third-order valence-electron chi connectivity index (χ3n) is 3.05. The molecule has 3 heteroatoms. The molecule has 1 rings (SSSR count). The van der Waals surface area contributed by atoms with Crippen LogP contribution in [0.3, 0.4) is 0 Å². The van der Waals surface area contributed by atoms with Crippen LogP contribution in [-0.2, 0) is 6.54 Å². The second-order valence-electron chi connectivity index (χ2n) is 4.93. The van der Waals surface area contributed by atoms with Crippen LogP contribution in [-0.4, -0.2) is 19.6 Å². The first kappa shape index (κ1) is 15.0. The summed E-state index contributed by atoms with van der Waals surface area (Å²) in [6.45, 7) is 11.8. The fourth-order valence-corrected chi connectivity index (χ4v) is 2.07. The lowest BCUT2D eigenvalue weighted by Crippen LogP contribution is -2.26. The molecule has 0 heterocycles. The molecule has 0 saturated carbocycles. The predicted octanol–water partition coefficient (Wildman–Crippen LogP) is 3.42. The van der Waals surface area contributed by atoms with Crippen LogP contribution in [0, 0.1) is 11.7 Å². The highest BCUT2D eigenvalue weighted by molar-refractivity contribution is 5.54. The minimum Gasteiger partial charge on any atom is -0.372 e. The molecule has 0 aliphatic heterocycles. The van der Waals surface area contributed by atoms with Crippen molar-refractivity contribution in [3.8, 4) is 0 Å². The zero-order chi connectivity index (χ0) is 13.5. The summed E-state index contributed by atoms with van der Waals surface area (Å²) in [5.41, 5.74) is 1.79. The van der Waals surface area contributed by atoms with Crippen molar-refractivity contribution in [2.24, 2.45) is 5.92 Å². The van der Waals surface area contributed by atoms with E-state index < -0.39 is 0 Å². The first-order valence-corrected chi connectivity index (χ1v) is 6.83. The Bertz CT molecular complexity index is 360. The van der Waals surface area contributed by atoms with E-state index in [4.69, 9.17) is 0 Å². The molecular formula is C15H25FN2. The minimum atomic E-state index is -0.115. The highest BCUT2D eigenvalue weighted by atomic mass is 19.1. The van der Waals surface area contributed by atoms with Crippen molar-refractivity contribution in [3.05, 3.63) is 29.6 Å². The molecule has 102 valence electrons. The second-order valence-corrected chi connectivity index (χ2v) is 4.93. The van der Waals surface area contributed by atoms with Crippen LogP contribution in [0.2, 0.25) is 0 Å². The van der Waals surface area contributed by atoms with Crippen LogP contribution < -0.4 is 10.2 Å². The normalized spacial score (nSPS) is 11.0. The maximum absolute atomic E-state index is 13.9. The van der Waals surface area contributed by atoms with Crippen molar-refractivity contribution in [1.82, 2.24) is 5.32 Å². The van der Waals surface area contributed by atoms with Crippen LogP contribution in [0.1, 0.15) is 33.3 Å². The molecule has 1 aromatic rings. The van der Waals surface area contributed by atoms with E-state index in [1.807, 2.05) is 6.07 Å². The Morgan fingerprint density at radius 2 is 1.89 bits per heavy atom. The highest BCUT2D eigenvalue weighted by Gasteiger charge is 2.12. The molecule has 1 N–H and O–H groups in total. The van der Waals surface area contributed by atoms with E-state index in [0.717, 1.165) is 30.9 Å². The molecule has 0 radical (unpaired) electrons. The molecule has 0 saturated heterocycles. The number of halogens is 1. The maximum atomic E-state index is 13.9. The van der Waals surface area contributed by atoms with E-state index in [1.54, 1.807) is 12.1 Å². The van der Waals surface area contributed by atoms with Gasteiger partial charge in [-0.05, 0) is 38.4 Å². The number of nitrogens with one attached hydrogen (secondary N) is 1. The van der Waals surface area contributed by atoms with Crippen LogP contribution in [0.4, 0.5) is 10.1 Å². The van der Waals surface area contributed by atoms with Crippen molar-refractivity contribution in [2.75, 3.05) is 24.5 Å². The van der Waals surface area contributed by atoms with E-state index in [1.165, 1.54) is 0 Å². The van der Waals surface area contributed by atoms with Crippen molar-refractivity contribution >= 4 is 5.69 Å². The van der Waals surface area contributed by atoms with Crippen LogP contribution in [0.5, 0.6) is 0 Å². The van der Waals surface area contributed by atoms with Gasteiger partial charge in [0.15, 0.2) is 0 Å². The zero-order valence-corrected chi connectivity index (χ0v) is 12.0. The SMILES string of the molecule is CCN(CC)c1cccc(F)c1CNCC(C)C. The molecule has 0 aromatic heterocycles. The highest BCUT2D eigenvalue weighted by Crippen LogP contribution is 2.23. The Balaban J connectivity index is 2.86. The summed E-state index contributed by atoms with van der Waals surface area (Å²) in [5, 5.41) is 3.32. The second kappa shape index (κ2) is 7.37. The van der Waals surface area contributed by atoms with Crippen molar-refractivity contribution in [3.63, 3.8) is 0 Å². The molecular weight excluding hydrogens is 227 g/mol. The standard InChI is InChI=1S/C15H25FN2/c1-5-18(6-2)15-9-7-8-14(16)13(15)11-17-10-12(3)4/h7-9,12,17H,5-6,10-11H2,1-4H3. The largest absolute Gasteiger partial charge is 0.372 e. The fraction of sp³-hybridized carbons (Fsp3) is 0.600. The molecule has 0 atom stereocenters.